The third-order valence-electron chi connectivity index (χ3n) is 2.34. The van der Waals surface area contributed by atoms with Crippen LogP contribution in [0.3, 0.4) is 0 Å². The lowest BCUT2D eigenvalue weighted by atomic mass is 10.2. The summed E-state index contributed by atoms with van der Waals surface area (Å²) in [5, 5.41) is 3.31. The molecule has 0 heterocycles. The van der Waals surface area contributed by atoms with Gasteiger partial charge in [0.1, 0.15) is 0 Å². The first-order valence-corrected chi connectivity index (χ1v) is 7.20. The van der Waals surface area contributed by atoms with Gasteiger partial charge in [0, 0.05) is 11.0 Å². The summed E-state index contributed by atoms with van der Waals surface area (Å²) < 4.78 is 12.4. The Labute approximate surface area is 118 Å². The SMILES string of the molecule is CCNCc1cc(OCC)c(OC(C)C)cc1Br. The molecular weight excluding hydrogens is 294 g/mol. The van der Waals surface area contributed by atoms with E-state index in [4.69, 9.17) is 9.47 Å². The van der Waals surface area contributed by atoms with Crippen LogP contribution in [0, 0.1) is 0 Å². The molecule has 1 aromatic rings. The van der Waals surface area contributed by atoms with Crippen LogP contribution in [-0.4, -0.2) is 19.3 Å². The van der Waals surface area contributed by atoms with Crippen LogP contribution in [0.1, 0.15) is 33.3 Å². The molecule has 0 radical (unpaired) electrons. The Kier molecular flexibility index (Phi) is 6.50. The van der Waals surface area contributed by atoms with Gasteiger partial charge in [-0.3, -0.25) is 0 Å². The second-order valence-electron chi connectivity index (χ2n) is 4.27. The van der Waals surface area contributed by atoms with E-state index in [-0.39, 0.29) is 6.10 Å². The van der Waals surface area contributed by atoms with Crippen LogP contribution >= 0.6 is 15.9 Å². The predicted octanol–water partition coefficient (Wildman–Crippen LogP) is 3.74. The van der Waals surface area contributed by atoms with Crippen molar-refractivity contribution >= 4 is 15.9 Å². The number of halogens is 1. The second-order valence-corrected chi connectivity index (χ2v) is 5.12. The average Bonchev–Trinajstić information content (AvgIpc) is 2.30. The Hall–Kier alpha value is -0.740. The normalized spacial score (nSPS) is 10.8. The maximum atomic E-state index is 5.76. The Morgan fingerprint density at radius 1 is 1.22 bits per heavy atom. The Balaban J connectivity index is 3.00. The number of benzene rings is 1. The molecule has 1 N–H and O–H groups in total. The van der Waals surface area contributed by atoms with Crippen LogP contribution < -0.4 is 14.8 Å². The molecule has 0 aliphatic carbocycles. The van der Waals surface area contributed by atoms with Gasteiger partial charge in [-0.2, -0.15) is 0 Å². The highest BCUT2D eigenvalue weighted by molar-refractivity contribution is 9.10. The lowest BCUT2D eigenvalue weighted by molar-refractivity contribution is 0.223. The largest absolute Gasteiger partial charge is 0.490 e. The second kappa shape index (κ2) is 7.64. The average molecular weight is 316 g/mol. The van der Waals surface area contributed by atoms with E-state index in [2.05, 4.69) is 28.2 Å². The van der Waals surface area contributed by atoms with Crippen molar-refractivity contribution in [3.8, 4) is 11.5 Å². The summed E-state index contributed by atoms with van der Waals surface area (Å²) in [6.07, 6.45) is 0.135. The Morgan fingerprint density at radius 3 is 2.50 bits per heavy atom. The van der Waals surface area contributed by atoms with Gasteiger partial charge in [0.2, 0.25) is 0 Å². The molecule has 0 bridgehead atoms. The number of ether oxygens (including phenoxy) is 2. The lowest BCUT2D eigenvalue weighted by Crippen LogP contribution is -2.13. The van der Waals surface area contributed by atoms with E-state index in [1.165, 1.54) is 5.56 Å². The van der Waals surface area contributed by atoms with Crippen molar-refractivity contribution in [3.63, 3.8) is 0 Å². The van der Waals surface area contributed by atoms with Gasteiger partial charge in [-0.25, -0.2) is 0 Å². The van der Waals surface area contributed by atoms with E-state index in [9.17, 15) is 0 Å². The summed E-state index contributed by atoms with van der Waals surface area (Å²) in [5.74, 6) is 1.60. The zero-order valence-electron chi connectivity index (χ0n) is 11.5. The van der Waals surface area contributed by atoms with E-state index < -0.39 is 0 Å². The van der Waals surface area contributed by atoms with Gasteiger partial charge in [-0.15, -0.1) is 0 Å². The van der Waals surface area contributed by atoms with Gasteiger partial charge in [0.15, 0.2) is 11.5 Å². The van der Waals surface area contributed by atoms with E-state index in [0.29, 0.717) is 6.61 Å². The topological polar surface area (TPSA) is 30.5 Å². The molecule has 18 heavy (non-hydrogen) atoms. The molecule has 0 saturated carbocycles. The highest BCUT2D eigenvalue weighted by Crippen LogP contribution is 2.34. The van der Waals surface area contributed by atoms with E-state index >= 15 is 0 Å². The molecule has 4 heteroatoms. The van der Waals surface area contributed by atoms with Crippen LogP contribution in [0.2, 0.25) is 0 Å². The third-order valence-corrected chi connectivity index (χ3v) is 3.08. The highest BCUT2D eigenvalue weighted by Gasteiger charge is 2.11. The fourth-order valence-corrected chi connectivity index (χ4v) is 2.05. The maximum absolute atomic E-state index is 5.76. The van der Waals surface area contributed by atoms with Crippen molar-refractivity contribution in [2.45, 2.75) is 40.3 Å². The van der Waals surface area contributed by atoms with Crippen molar-refractivity contribution in [3.05, 3.63) is 22.2 Å². The molecule has 0 aromatic heterocycles. The molecular formula is C14H22BrNO2. The standard InChI is InChI=1S/C14H22BrNO2/c1-5-16-9-11-7-13(17-6-2)14(8-12(11)15)18-10(3)4/h7-8,10,16H,5-6,9H2,1-4H3. The number of rotatable bonds is 7. The molecule has 0 amide bonds. The third kappa shape index (κ3) is 4.50. The summed E-state index contributed by atoms with van der Waals surface area (Å²) in [5.41, 5.74) is 1.18. The molecule has 3 nitrogen and oxygen atoms in total. The summed E-state index contributed by atoms with van der Waals surface area (Å²) in [6.45, 7) is 10.5. The van der Waals surface area contributed by atoms with Crippen LogP contribution in [0.15, 0.2) is 16.6 Å². The van der Waals surface area contributed by atoms with Gasteiger partial charge < -0.3 is 14.8 Å². The Morgan fingerprint density at radius 2 is 1.94 bits per heavy atom. The van der Waals surface area contributed by atoms with Crippen molar-refractivity contribution < 1.29 is 9.47 Å². The molecule has 0 unspecified atom stereocenters. The summed E-state index contributed by atoms with van der Waals surface area (Å²) in [6, 6.07) is 4.02. The molecule has 0 fully saturated rings. The smallest absolute Gasteiger partial charge is 0.162 e. The van der Waals surface area contributed by atoms with Crippen molar-refractivity contribution in [2.24, 2.45) is 0 Å². The first-order valence-electron chi connectivity index (χ1n) is 6.41. The number of hydrogen-bond acceptors (Lipinski definition) is 3. The van der Waals surface area contributed by atoms with E-state index in [0.717, 1.165) is 29.1 Å². The zero-order chi connectivity index (χ0) is 13.5. The van der Waals surface area contributed by atoms with Crippen LogP contribution in [0.5, 0.6) is 11.5 Å². The molecule has 0 atom stereocenters. The van der Waals surface area contributed by atoms with E-state index in [1.807, 2.05) is 32.9 Å². The van der Waals surface area contributed by atoms with Gasteiger partial charge in [-0.05, 0) is 45.0 Å². The molecule has 0 spiro atoms. The quantitative estimate of drug-likeness (QED) is 0.831. The predicted molar refractivity (Wildman–Crippen MR) is 78.5 cm³/mol. The lowest BCUT2D eigenvalue weighted by Gasteiger charge is -2.17. The number of nitrogens with one attached hydrogen (secondary N) is 1. The van der Waals surface area contributed by atoms with Crippen LogP contribution in [-0.2, 0) is 6.54 Å². The number of hydrogen-bond donors (Lipinski definition) is 1. The van der Waals surface area contributed by atoms with Crippen molar-refractivity contribution in [1.82, 2.24) is 5.32 Å². The molecule has 1 rings (SSSR count). The van der Waals surface area contributed by atoms with Crippen molar-refractivity contribution in [2.75, 3.05) is 13.2 Å². The minimum Gasteiger partial charge on any atom is -0.490 e. The van der Waals surface area contributed by atoms with E-state index in [1.54, 1.807) is 0 Å². The summed E-state index contributed by atoms with van der Waals surface area (Å²) >= 11 is 3.58. The van der Waals surface area contributed by atoms with Crippen LogP contribution in [0.25, 0.3) is 0 Å². The highest BCUT2D eigenvalue weighted by atomic mass is 79.9. The Bertz CT molecular complexity index is 380. The van der Waals surface area contributed by atoms with Gasteiger partial charge >= 0.3 is 0 Å². The molecule has 0 aliphatic rings. The minimum atomic E-state index is 0.135. The summed E-state index contributed by atoms with van der Waals surface area (Å²) in [4.78, 5) is 0. The zero-order valence-corrected chi connectivity index (χ0v) is 13.1. The summed E-state index contributed by atoms with van der Waals surface area (Å²) in [7, 11) is 0. The first-order chi connectivity index (χ1) is 8.58. The fourth-order valence-electron chi connectivity index (χ4n) is 1.59. The van der Waals surface area contributed by atoms with Gasteiger partial charge in [-0.1, -0.05) is 22.9 Å². The molecule has 0 saturated heterocycles. The minimum absolute atomic E-state index is 0.135. The molecule has 102 valence electrons. The van der Waals surface area contributed by atoms with Crippen molar-refractivity contribution in [1.29, 1.82) is 0 Å². The van der Waals surface area contributed by atoms with Crippen LogP contribution in [0.4, 0.5) is 0 Å². The van der Waals surface area contributed by atoms with Gasteiger partial charge in [0.25, 0.3) is 0 Å². The monoisotopic (exact) mass is 315 g/mol. The fraction of sp³-hybridized carbons (Fsp3) is 0.571. The first kappa shape index (κ1) is 15.3. The molecule has 1 aromatic carbocycles. The van der Waals surface area contributed by atoms with Gasteiger partial charge in [0.05, 0.1) is 12.7 Å². The maximum Gasteiger partial charge on any atom is 0.162 e. The molecule has 0 aliphatic heterocycles.